The van der Waals surface area contributed by atoms with E-state index >= 15 is 0 Å². The summed E-state index contributed by atoms with van der Waals surface area (Å²) in [4.78, 5) is 10.9. The van der Waals surface area contributed by atoms with E-state index in [-0.39, 0.29) is 23.8 Å². The maximum atomic E-state index is 12.9. The number of unbranched alkanes of at least 4 members (excludes halogenated alkanes) is 1. The summed E-state index contributed by atoms with van der Waals surface area (Å²) in [5.41, 5.74) is 0.257. The summed E-state index contributed by atoms with van der Waals surface area (Å²) in [6.45, 7) is 4.61. The number of carboxylic acids is 1. The van der Waals surface area contributed by atoms with Gasteiger partial charge >= 0.3 is 5.97 Å². The minimum Gasteiger partial charge on any atom is -0.481 e. The molecule has 3 fully saturated rings. The Labute approximate surface area is 187 Å². The van der Waals surface area contributed by atoms with Crippen LogP contribution in [0.25, 0.3) is 0 Å². The third-order valence-electron chi connectivity index (χ3n) is 6.89. The Bertz CT molecular complexity index is 863. The number of carboxylic acid groups (broad SMARTS) is 1. The molecule has 3 saturated carbocycles. The quantitative estimate of drug-likeness (QED) is 0.272. The molecule has 0 heterocycles. The topological polar surface area (TPSA) is 83.5 Å². The van der Waals surface area contributed by atoms with Crippen LogP contribution in [0, 0.1) is 26.7 Å². The Morgan fingerprint density at radius 1 is 1.24 bits per heavy atom. The number of halogens is 1. The second-order valence-corrected chi connectivity index (χ2v) is 11.9. The number of rotatable bonds is 9. The van der Waals surface area contributed by atoms with Crippen LogP contribution >= 0.6 is 22.6 Å². The predicted molar refractivity (Wildman–Crippen MR) is 122 cm³/mol. The lowest BCUT2D eigenvalue weighted by molar-refractivity contribution is -0.137. The third-order valence-corrected chi connectivity index (χ3v) is 9.11. The van der Waals surface area contributed by atoms with E-state index in [0.717, 1.165) is 22.8 Å². The molecule has 0 aromatic heterocycles. The molecule has 3 aliphatic rings. The molecular formula is C22H30INO4S. The van der Waals surface area contributed by atoms with E-state index in [1.54, 1.807) is 12.1 Å². The molecule has 1 aromatic carbocycles. The number of carbonyl (C=O) groups is 1. The number of benzene rings is 1. The van der Waals surface area contributed by atoms with Gasteiger partial charge in [-0.05, 0) is 102 Å². The average molecular weight is 531 g/mol. The average Bonchev–Trinajstić information content (AvgIpc) is 2.64. The fraction of sp³-hybridized carbons (Fsp3) is 0.591. The fourth-order valence-corrected chi connectivity index (χ4v) is 6.69. The summed E-state index contributed by atoms with van der Waals surface area (Å²) in [6, 6.07) is 6.89. The molecule has 29 heavy (non-hydrogen) atoms. The lowest BCUT2D eigenvalue weighted by Crippen LogP contribution is -2.61. The van der Waals surface area contributed by atoms with Gasteiger partial charge in [0.05, 0.1) is 4.90 Å². The molecule has 0 spiro atoms. The Balaban J connectivity index is 1.68. The third kappa shape index (κ3) is 5.22. The van der Waals surface area contributed by atoms with Crippen LogP contribution in [0.3, 0.4) is 0 Å². The molecule has 0 aliphatic heterocycles. The molecule has 4 atom stereocenters. The van der Waals surface area contributed by atoms with Gasteiger partial charge in [-0.25, -0.2) is 13.1 Å². The molecule has 2 bridgehead atoms. The molecule has 7 heteroatoms. The number of fused-ring (bicyclic) bond motifs is 2. The first-order valence-electron chi connectivity index (χ1n) is 10.3. The predicted octanol–water partition coefficient (Wildman–Crippen LogP) is 4.82. The van der Waals surface area contributed by atoms with Crippen LogP contribution in [-0.2, 0) is 14.8 Å². The van der Waals surface area contributed by atoms with E-state index in [4.69, 9.17) is 5.11 Å². The molecule has 0 saturated heterocycles. The van der Waals surface area contributed by atoms with Gasteiger partial charge in [-0.3, -0.25) is 4.79 Å². The summed E-state index contributed by atoms with van der Waals surface area (Å²) >= 11 is 2.17. The van der Waals surface area contributed by atoms with Gasteiger partial charge in [-0.1, -0.05) is 26.0 Å². The van der Waals surface area contributed by atoms with Gasteiger partial charge in [0, 0.05) is 16.0 Å². The van der Waals surface area contributed by atoms with Gasteiger partial charge in [-0.15, -0.1) is 0 Å². The molecule has 5 nitrogen and oxygen atoms in total. The zero-order valence-corrected chi connectivity index (χ0v) is 19.9. The van der Waals surface area contributed by atoms with Gasteiger partial charge in [0.25, 0.3) is 0 Å². The minimum atomic E-state index is -3.54. The summed E-state index contributed by atoms with van der Waals surface area (Å²) in [7, 11) is -3.54. The number of aliphatic carboxylic acids is 1. The first kappa shape index (κ1) is 22.7. The lowest BCUT2D eigenvalue weighted by atomic mass is 9.44. The van der Waals surface area contributed by atoms with E-state index in [2.05, 4.69) is 47.2 Å². The Kier molecular flexibility index (Phi) is 7.10. The van der Waals surface area contributed by atoms with E-state index in [0.29, 0.717) is 23.2 Å². The number of sulfonamides is 1. The van der Waals surface area contributed by atoms with Crippen molar-refractivity contribution in [2.45, 2.75) is 63.3 Å². The Hall–Kier alpha value is -0.930. The summed E-state index contributed by atoms with van der Waals surface area (Å²) < 4.78 is 29.9. The standard InChI is InChI=1S/C22H30INO4S/c1-22(2)15-13-19(22)18(7-5-3-4-6-8-21(25)26)20(14-15)24-29(27,28)17-11-9-16(23)10-12-17/h3,5,9-12,15,18-20,24H,4,6-8,13-14H2,1-2H3,(H,25,26)/b5-3+/t15-,18+,19-,20-/m1/s1. The van der Waals surface area contributed by atoms with E-state index in [1.165, 1.54) is 6.42 Å². The van der Waals surface area contributed by atoms with Crippen LogP contribution in [-0.4, -0.2) is 25.5 Å². The Morgan fingerprint density at radius 3 is 2.55 bits per heavy atom. The van der Waals surface area contributed by atoms with E-state index in [1.807, 2.05) is 18.2 Å². The highest BCUT2D eigenvalue weighted by Gasteiger charge is 2.57. The van der Waals surface area contributed by atoms with Crippen molar-refractivity contribution in [2.75, 3.05) is 0 Å². The second-order valence-electron chi connectivity index (χ2n) is 8.93. The number of nitrogens with one attached hydrogen (secondary N) is 1. The van der Waals surface area contributed by atoms with Gasteiger partial charge in [0.15, 0.2) is 0 Å². The number of hydrogen-bond donors (Lipinski definition) is 2. The second kappa shape index (κ2) is 9.06. The molecule has 3 aliphatic carbocycles. The molecule has 0 amide bonds. The zero-order valence-electron chi connectivity index (χ0n) is 17.0. The van der Waals surface area contributed by atoms with Crippen molar-refractivity contribution < 1.29 is 18.3 Å². The summed E-state index contributed by atoms with van der Waals surface area (Å²) in [5, 5.41) is 8.73. The van der Waals surface area contributed by atoms with Crippen LogP contribution in [0.1, 0.15) is 52.4 Å². The molecule has 4 rings (SSSR count). The van der Waals surface area contributed by atoms with Gasteiger partial charge in [-0.2, -0.15) is 0 Å². The van der Waals surface area contributed by atoms with Gasteiger partial charge < -0.3 is 5.11 Å². The van der Waals surface area contributed by atoms with Crippen molar-refractivity contribution in [1.82, 2.24) is 4.72 Å². The van der Waals surface area contributed by atoms with Crippen LogP contribution in [0.2, 0.25) is 0 Å². The van der Waals surface area contributed by atoms with Crippen LogP contribution in [0.5, 0.6) is 0 Å². The van der Waals surface area contributed by atoms with Crippen molar-refractivity contribution in [3.8, 4) is 0 Å². The highest BCUT2D eigenvalue weighted by atomic mass is 127. The summed E-state index contributed by atoms with van der Waals surface area (Å²) in [5.74, 6) is 0.574. The maximum absolute atomic E-state index is 12.9. The lowest BCUT2D eigenvalue weighted by Gasteiger charge is -2.62. The molecule has 160 valence electrons. The Morgan fingerprint density at radius 2 is 1.93 bits per heavy atom. The van der Waals surface area contributed by atoms with E-state index < -0.39 is 16.0 Å². The first-order chi connectivity index (χ1) is 13.6. The van der Waals surface area contributed by atoms with Gasteiger partial charge in [0.1, 0.15) is 0 Å². The zero-order chi connectivity index (χ0) is 21.2. The van der Waals surface area contributed by atoms with Crippen molar-refractivity contribution in [3.05, 3.63) is 40.0 Å². The number of allylic oxidation sites excluding steroid dienone is 2. The van der Waals surface area contributed by atoms with Crippen LogP contribution < -0.4 is 4.72 Å². The highest BCUT2D eigenvalue weighted by molar-refractivity contribution is 14.1. The smallest absolute Gasteiger partial charge is 0.303 e. The molecule has 0 unspecified atom stereocenters. The first-order valence-corrected chi connectivity index (χ1v) is 12.8. The SMILES string of the molecule is CC1(C)[C@@H]2C[C@@H]1[C@H](C/C=C/CCCC(=O)O)[C@H](NS(=O)(=O)c1ccc(I)cc1)C2. The van der Waals surface area contributed by atoms with Crippen molar-refractivity contribution in [2.24, 2.45) is 23.2 Å². The molecule has 2 N–H and O–H groups in total. The number of hydrogen-bond acceptors (Lipinski definition) is 3. The monoisotopic (exact) mass is 531 g/mol. The van der Waals surface area contributed by atoms with Crippen molar-refractivity contribution in [3.63, 3.8) is 0 Å². The van der Waals surface area contributed by atoms with Crippen molar-refractivity contribution >= 4 is 38.6 Å². The van der Waals surface area contributed by atoms with E-state index in [9.17, 15) is 13.2 Å². The van der Waals surface area contributed by atoms with Crippen LogP contribution in [0.4, 0.5) is 0 Å². The minimum absolute atomic E-state index is 0.0558. The maximum Gasteiger partial charge on any atom is 0.303 e. The largest absolute Gasteiger partial charge is 0.481 e. The molecule has 1 aromatic rings. The molecule has 0 radical (unpaired) electrons. The fourth-order valence-electron chi connectivity index (χ4n) is 5.03. The van der Waals surface area contributed by atoms with Crippen molar-refractivity contribution in [1.29, 1.82) is 0 Å². The normalized spacial score (nSPS) is 28.2. The van der Waals surface area contributed by atoms with Gasteiger partial charge in [0.2, 0.25) is 10.0 Å². The molecular weight excluding hydrogens is 501 g/mol. The highest BCUT2D eigenvalue weighted by Crippen LogP contribution is 2.62. The van der Waals surface area contributed by atoms with Crippen LogP contribution in [0.15, 0.2) is 41.3 Å². The summed E-state index contributed by atoms with van der Waals surface area (Å²) in [6.07, 6.45) is 8.61.